The van der Waals surface area contributed by atoms with Crippen LogP contribution in [0.25, 0.3) is 11.0 Å². The van der Waals surface area contributed by atoms with Gasteiger partial charge in [0.25, 0.3) is 0 Å². The fourth-order valence-electron chi connectivity index (χ4n) is 3.69. The quantitative estimate of drug-likeness (QED) is 0.189. The smallest absolute Gasteiger partial charge is 0.383 e. The Morgan fingerprint density at radius 2 is 1.38 bits per heavy atom. The van der Waals surface area contributed by atoms with E-state index in [1.165, 1.54) is 22.3 Å². The summed E-state index contributed by atoms with van der Waals surface area (Å²) in [5, 5.41) is 0.602. The summed E-state index contributed by atoms with van der Waals surface area (Å²) >= 11 is 0. The Bertz CT molecular complexity index is 1200. The van der Waals surface area contributed by atoms with Crippen LogP contribution >= 0.6 is 0 Å². The van der Waals surface area contributed by atoms with E-state index in [4.69, 9.17) is 18.6 Å². The molecule has 1 heterocycles. The predicted molar refractivity (Wildman–Crippen MR) is 154 cm³/mol. The van der Waals surface area contributed by atoms with E-state index in [2.05, 4.69) is 59.8 Å². The summed E-state index contributed by atoms with van der Waals surface area (Å²) in [5.41, 5.74) is 4.93. The summed E-state index contributed by atoms with van der Waals surface area (Å²) in [6.07, 6.45) is 12.3. The van der Waals surface area contributed by atoms with E-state index in [-0.39, 0.29) is 18.5 Å². The lowest BCUT2D eigenvalue weighted by molar-refractivity contribution is 0.223. The zero-order valence-corrected chi connectivity index (χ0v) is 23.9. The number of ether oxygens (including phenoxy) is 3. The Morgan fingerprint density at radius 1 is 0.811 bits per heavy atom. The number of benzene rings is 1. The molecule has 5 heteroatoms. The molecule has 0 aliphatic rings. The molecule has 0 saturated carbocycles. The van der Waals surface area contributed by atoms with Crippen LogP contribution in [0.2, 0.25) is 0 Å². The molecule has 0 fully saturated rings. The van der Waals surface area contributed by atoms with E-state index in [0.717, 1.165) is 25.7 Å². The number of hydrogen-bond donors (Lipinski definition) is 0. The predicted octanol–water partition coefficient (Wildman–Crippen LogP) is 8.72. The molecular formula is C32H44O5. The average molecular weight is 509 g/mol. The van der Waals surface area contributed by atoms with Gasteiger partial charge in [-0.05, 0) is 105 Å². The summed E-state index contributed by atoms with van der Waals surface area (Å²) in [7, 11) is 0. The van der Waals surface area contributed by atoms with Gasteiger partial charge in [0, 0.05) is 0 Å². The van der Waals surface area contributed by atoms with Crippen LogP contribution in [-0.4, -0.2) is 19.3 Å². The van der Waals surface area contributed by atoms with Gasteiger partial charge in [-0.3, -0.25) is 0 Å². The first-order valence-electron chi connectivity index (χ1n) is 13.2. The zero-order chi connectivity index (χ0) is 27.4. The lowest BCUT2D eigenvalue weighted by Gasteiger charge is -2.17. The van der Waals surface area contributed by atoms with Gasteiger partial charge in [-0.25, -0.2) is 4.79 Å². The maximum absolute atomic E-state index is 12.9. The molecular weight excluding hydrogens is 464 g/mol. The molecule has 0 bridgehead atoms. The molecule has 37 heavy (non-hydrogen) atoms. The normalized spacial score (nSPS) is 12.0. The van der Waals surface area contributed by atoms with Crippen LogP contribution in [0.5, 0.6) is 17.2 Å². The third-order valence-electron chi connectivity index (χ3n) is 5.68. The van der Waals surface area contributed by atoms with Gasteiger partial charge in [-0.15, -0.1) is 0 Å². The number of rotatable bonds is 14. The van der Waals surface area contributed by atoms with E-state index >= 15 is 0 Å². The molecule has 0 amide bonds. The molecule has 0 N–H and O–H groups in total. The summed E-state index contributed by atoms with van der Waals surface area (Å²) in [5.74, 6) is 1.01. The van der Waals surface area contributed by atoms with Crippen LogP contribution in [-0.2, 0) is 0 Å². The van der Waals surface area contributed by atoms with Gasteiger partial charge in [0.15, 0.2) is 5.75 Å². The van der Waals surface area contributed by atoms with Gasteiger partial charge in [0.05, 0.1) is 6.10 Å². The van der Waals surface area contributed by atoms with Gasteiger partial charge < -0.3 is 18.6 Å². The highest BCUT2D eigenvalue weighted by atomic mass is 16.5. The van der Waals surface area contributed by atoms with Crippen molar-refractivity contribution in [2.45, 2.75) is 87.2 Å². The molecule has 2 rings (SSSR count). The molecule has 2 aromatic rings. The van der Waals surface area contributed by atoms with Crippen molar-refractivity contribution in [1.82, 2.24) is 0 Å². The number of allylic oxidation sites excluding steroid dienone is 6. The fraction of sp³-hybridized carbons (Fsp3) is 0.469. The van der Waals surface area contributed by atoms with Crippen molar-refractivity contribution in [3.05, 3.63) is 75.2 Å². The second kappa shape index (κ2) is 15.1. The third-order valence-corrected chi connectivity index (χ3v) is 5.68. The Kier molecular flexibility index (Phi) is 12.3. The maximum atomic E-state index is 12.9. The fourth-order valence-corrected chi connectivity index (χ4v) is 3.69. The van der Waals surface area contributed by atoms with E-state index in [1.54, 1.807) is 6.07 Å². The number of fused-ring (bicyclic) bond motifs is 1. The minimum absolute atomic E-state index is 0.0686. The van der Waals surface area contributed by atoms with Gasteiger partial charge in [-0.1, -0.05) is 40.5 Å². The molecule has 0 aliphatic carbocycles. The van der Waals surface area contributed by atoms with Crippen molar-refractivity contribution in [3.63, 3.8) is 0 Å². The van der Waals surface area contributed by atoms with Gasteiger partial charge >= 0.3 is 5.63 Å². The van der Waals surface area contributed by atoms with E-state index in [0.29, 0.717) is 29.1 Å². The molecule has 0 saturated heterocycles. The van der Waals surface area contributed by atoms with Gasteiger partial charge in [-0.2, -0.15) is 0 Å². The van der Waals surface area contributed by atoms with Crippen LogP contribution < -0.4 is 19.8 Å². The van der Waals surface area contributed by atoms with E-state index < -0.39 is 5.63 Å². The number of hydrogen-bond acceptors (Lipinski definition) is 5. The molecule has 5 nitrogen and oxygen atoms in total. The zero-order valence-electron chi connectivity index (χ0n) is 23.9. The molecule has 0 unspecified atom stereocenters. The molecule has 1 aromatic heterocycles. The van der Waals surface area contributed by atoms with Crippen molar-refractivity contribution >= 4 is 11.0 Å². The SMILES string of the molecule is CC(C)=CCC/C(C)=C/COc1c(OC(C)C)c2c(OC/C=C(\C)CCC=C(C)C)cccc2oc1=O. The maximum Gasteiger partial charge on any atom is 0.383 e. The van der Waals surface area contributed by atoms with Gasteiger partial charge in [0.1, 0.15) is 29.9 Å². The molecule has 1 aromatic carbocycles. The summed E-state index contributed by atoms with van der Waals surface area (Å²) in [6.45, 7) is 17.1. The molecule has 0 aliphatic heterocycles. The van der Waals surface area contributed by atoms with Crippen molar-refractivity contribution in [3.8, 4) is 17.2 Å². The van der Waals surface area contributed by atoms with Crippen molar-refractivity contribution in [1.29, 1.82) is 0 Å². The van der Waals surface area contributed by atoms with E-state index in [9.17, 15) is 4.79 Å². The Morgan fingerprint density at radius 3 is 1.92 bits per heavy atom. The molecule has 0 spiro atoms. The van der Waals surface area contributed by atoms with Crippen molar-refractivity contribution in [2.75, 3.05) is 13.2 Å². The lowest BCUT2D eigenvalue weighted by atomic mass is 10.1. The standard InChI is InChI=1S/C32H44O5/c1-22(2)12-9-14-25(7)18-20-34-27-16-11-17-28-29(27)30(36-24(5)6)31(32(33)37-28)35-21-19-26(8)15-10-13-23(3)4/h11-13,16-19,24H,9-10,14-15,20-21H2,1-8H3/b25-18+,26-19+. The summed E-state index contributed by atoms with van der Waals surface area (Å²) < 4.78 is 23.8. The lowest BCUT2D eigenvalue weighted by Crippen LogP contribution is -2.14. The highest BCUT2D eigenvalue weighted by Crippen LogP contribution is 2.39. The average Bonchev–Trinajstić information content (AvgIpc) is 2.80. The first-order valence-corrected chi connectivity index (χ1v) is 13.2. The first-order chi connectivity index (χ1) is 17.6. The van der Waals surface area contributed by atoms with Crippen LogP contribution in [0.3, 0.4) is 0 Å². The van der Waals surface area contributed by atoms with Crippen molar-refractivity contribution < 1.29 is 18.6 Å². The van der Waals surface area contributed by atoms with Crippen LogP contribution in [0.4, 0.5) is 0 Å². The Labute approximate surface area is 222 Å². The molecule has 202 valence electrons. The molecule has 0 atom stereocenters. The van der Waals surface area contributed by atoms with Crippen molar-refractivity contribution in [2.24, 2.45) is 0 Å². The third kappa shape index (κ3) is 10.4. The highest BCUT2D eigenvalue weighted by molar-refractivity contribution is 5.91. The second-order valence-electron chi connectivity index (χ2n) is 10.2. The Balaban J connectivity index is 2.31. The highest BCUT2D eigenvalue weighted by Gasteiger charge is 2.22. The topological polar surface area (TPSA) is 57.9 Å². The first kappa shape index (κ1) is 30.0. The van der Waals surface area contributed by atoms with E-state index in [1.807, 2.05) is 32.1 Å². The monoisotopic (exact) mass is 508 g/mol. The van der Waals surface area contributed by atoms with Crippen LogP contribution in [0.15, 0.2) is 74.0 Å². The minimum Gasteiger partial charge on any atom is -0.489 e. The molecule has 0 radical (unpaired) electrons. The van der Waals surface area contributed by atoms with Gasteiger partial charge in [0.2, 0.25) is 5.75 Å². The largest absolute Gasteiger partial charge is 0.489 e. The summed E-state index contributed by atoms with van der Waals surface area (Å²) in [4.78, 5) is 12.9. The Hall–Kier alpha value is -3.21. The summed E-state index contributed by atoms with van der Waals surface area (Å²) in [6, 6.07) is 5.41. The second-order valence-corrected chi connectivity index (χ2v) is 10.2. The van der Waals surface area contributed by atoms with Crippen LogP contribution in [0.1, 0.15) is 81.1 Å². The minimum atomic E-state index is -0.564. The van der Waals surface area contributed by atoms with Crippen LogP contribution in [0, 0.1) is 0 Å².